The van der Waals surface area contributed by atoms with Crippen LogP contribution in [0.3, 0.4) is 0 Å². The number of hydrogen-bond donors (Lipinski definition) is 1. The predicted octanol–water partition coefficient (Wildman–Crippen LogP) is 3.29. The molecular weight excluding hydrogens is 324 g/mol. The molecule has 0 fully saturated rings. The number of aromatic nitrogens is 3. The average Bonchev–Trinajstić information content (AvgIpc) is 3.23. The highest BCUT2D eigenvalue weighted by Crippen LogP contribution is 2.19. The van der Waals surface area contributed by atoms with Gasteiger partial charge in [-0.1, -0.05) is 30.3 Å². The summed E-state index contributed by atoms with van der Waals surface area (Å²) < 4.78 is 5.74. The van der Waals surface area contributed by atoms with Gasteiger partial charge in [0, 0.05) is 25.4 Å². The Morgan fingerprint density at radius 2 is 2.08 bits per heavy atom. The highest BCUT2D eigenvalue weighted by molar-refractivity contribution is 5.52. The van der Waals surface area contributed by atoms with Crippen molar-refractivity contribution >= 4 is 0 Å². The first kappa shape index (κ1) is 16.6. The summed E-state index contributed by atoms with van der Waals surface area (Å²) in [4.78, 5) is 6.96. The number of fused-ring (bicyclic) bond motifs is 1. The standard InChI is InChI=1S/C21H22N4O/c1-2-7-18-16-25(14-11-17(18)6-1)13-3-4-15-26-21-9-5-8-19(23-21)20-10-12-22-24-20/h1-2,6-8,10,12H,3-4,11,13-16H2,(H,22,24). The number of benzene rings is 1. The topological polar surface area (TPSA) is 54.0 Å². The zero-order chi connectivity index (χ0) is 17.6. The molecule has 3 heterocycles. The fourth-order valence-electron chi connectivity index (χ4n) is 3.29. The second-order valence-electron chi connectivity index (χ2n) is 6.54. The molecule has 0 saturated heterocycles. The van der Waals surface area contributed by atoms with Gasteiger partial charge in [-0.25, -0.2) is 4.98 Å². The molecule has 132 valence electrons. The van der Waals surface area contributed by atoms with Crippen molar-refractivity contribution in [2.45, 2.75) is 25.8 Å². The highest BCUT2D eigenvalue weighted by Gasteiger charge is 2.14. The van der Waals surface area contributed by atoms with E-state index in [0.29, 0.717) is 12.5 Å². The third kappa shape index (κ3) is 4.04. The Bertz CT molecular complexity index is 832. The van der Waals surface area contributed by atoms with Gasteiger partial charge < -0.3 is 4.74 Å². The lowest BCUT2D eigenvalue weighted by Crippen LogP contribution is -2.31. The molecule has 0 saturated carbocycles. The Labute approximate surface area is 154 Å². The number of aromatic amines is 1. The van der Waals surface area contributed by atoms with Gasteiger partial charge in [0.2, 0.25) is 0 Å². The number of rotatable bonds is 7. The molecule has 0 spiro atoms. The van der Waals surface area contributed by atoms with Gasteiger partial charge in [0.15, 0.2) is 0 Å². The minimum absolute atomic E-state index is 0.490. The third-order valence-corrected chi connectivity index (χ3v) is 4.70. The summed E-state index contributed by atoms with van der Waals surface area (Å²) in [6, 6.07) is 18.3. The van der Waals surface area contributed by atoms with Crippen LogP contribution in [0, 0.1) is 12.1 Å². The van der Waals surface area contributed by atoms with E-state index >= 15 is 0 Å². The van der Waals surface area contributed by atoms with Gasteiger partial charge in [-0.3, -0.25) is 10.00 Å². The van der Waals surface area contributed by atoms with Crippen LogP contribution in [0.4, 0.5) is 0 Å². The number of nitrogens with one attached hydrogen (secondary N) is 1. The van der Waals surface area contributed by atoms with Crippen molar-refractivity contribution in [3.05, 3.63) is 65.9 Å². The van der Waals surface area contributed by atoms with Gasteiger partial charge in [0.05, 0.1) is 12.3 Å². The van der Waals surface area contributed by atoms with Crippen LogP contribution in [0.25, 0.3) is 11.4 Å². The summed E-state index contributed by atoms with van der Waals surface area (Å²) in [5, 5.41) is 6.83. The number of ether oxygens (including phenoxy) is 1. The molecule has 5 nitrogen and oxygen atoms in total. The largest absolute Gasteiger partial charge is 0.471 e. The van der Waals surface area contributed by atoms with Crippen molar-refractivity contribution in [2.75, 3.05) is 19.7 Å². The van der Waals surface area contributed by atoms with Crippen LogP contribution >= 0.6 is 0 Å². The molecule has 3 aromatic rings. The SMILES string of the molecule is c1cc(-c2ccn[nH]2)nc(OCCCCN2CCc3ccccc3C2)c#1. The van der Waals surface area contributed by atoms with Crippen LogP contribution < -0.4 is 4.74 Å². The van der Waals surface area contributed by atoms with Gasteiger partial charge in [0.25, 0.3) is 5.88 Å². The quantitative estimate of drug-likeness (QED) is 0.667. The van der Waals surface area contributed by atoms with Crippen molar-refractivity contribution in [2.24, 2.45) is 0 Å². The van der Waals surface area contributed by atoms with Crippen LogP contribution in [-0.4, -0.2) is 39.8 Å². The van der Waals surface area contributed by atoms with E-state index in [2.05, 4.69) is 56.5 Å². The molecule has 1 aliphatic heterocycles. The molecule has 0 unspecified atom stereocenters. The van der Waals surface area contributed by atoms with E-state index in [4.69, 9.17) is 4.74 Å². The van der Waals surface area contributed by atoms with E-state index < -0.39 is 0 Å². The first-order valence-electron chi connectivity index (χ1n) is 9.10. The van der Waals surface area contributed by atoms with E-state index in [-0.39, 0.29) is 0 Å². The molecule has 0 amide bonds. The van der Waals surface area contributed by atoms with Crippen molar-refractivity contribution in [3.8, 4) is 17.3 Å². The van der Waals surface area contributed by atoms with Crippen molar-refractivity contribution in [3.63, 3.8) is 0 Å². The Hall–Kier alpha value is -2.84. The van der Waals surface area contributed by atoms with Gasteiger partial charge in [-0.05, 0) is 49.1 Å². The summed E-state index contributed by atoms with van der Waals surface area (Å²) in [6.07, 6.45) is 4.98. The molecule has 0 atom stereocenters. The van der Waals surface area contributed by atoms with E-state index in [1.807, 2.05) is 6.07 Å². The highest BCUT2D eigenvalue weighted by atomic mass is 16.5. The Morgan fingerprint density at radius 1 is 1.15 bits per heavy atom. The van der Waals surface area contributed by atoms with Crippen molar-refractivity contribution in [1.29, 1.82) is 0 Å². The maximum Gasteiger partial charge on any atom is 0.269 e. The third-order valence-electron chi connectivity index (χ3n) is 4.70. The van der Waals surface area contributed by atoms with Gasteiger partial charge >= 0.3 is 0 Å². The fourth-order valence-corrected chi connectivity index (χ4v) is 3.29. The van der Waals surface area contributed by atoms with Crippen LogP contribution in [0.15, 0.2) is 42.6 Å². The summed E-state index contributed by atoms with van der Waals surface area (Å²) >= 11 is 0. The summed E-state index contributed by atoms with van der Waals surface area (Å²) in [5.74, 6) is 0.490. The monoisotopic (exact) mass is 346 g/mol. The molecule has 1 aliphatic rings. The average molecular weight is 346 g/mol. The second kappa shape index (κ2) is 8.03. The van der Waals surface area contributed by atoms with Gasteiger partial charge in [0.1, 0.15) is 5.69 Å². The second-order valence-corrected chi connectivity index (χ2v) is 6.54. The molecule has 0 radical (unpaired) electrons. The molecule has 5 heteroatoms. The Balaban J connectivity index is 1.20. The van der Waals surface area contributed by atoms with Gasteiger partial charge in [-0.2, -0.15) is 5.10 Å². The fraction of sp³-hybridized carbons (Fsp3) is 0.333. The molecular formula is C21H22N4O. The van der Waals surface area contributed by atoms with E-state index in [1.54, 1.807) is 12.3 Å². The number of hydrogen-bond acceptors (Lipinski definition) is 4. The first-order valence-corrected chi connectivity index (χ1v) is 9.10. The molecule has 1 N–H and O–H groups in total. The summed E-state index contributed by atoms with van der Waals surface area (Å²) in [7, 11) is 0. The maximum atomic E-state index is 5.74. The van der Waals surface area contributed by atoms with Crippen LogP contribution in [0.5, 0.6) is 5.88 Å². The zero-order valence-corrected chi connectivity index (χ0v) is 14.7. The zero-order valence-electron chi connectivity index (χ0n) is 14.7. The Kier molecular flexibility index (Phi) is 5.13. The summed E-state index contributed by atoms with van der Waals surface area (Å²) in [5.41, 5.74) is 4.59. The molecule has 1 aromatic carbocycles. The normalized spacial score (nSPS) is 13.8. The van der Waals surface area contributed by atoms with E-state index in [0.717, 1.165) is 50.3 Å². The van der Waals surface area contributed by atoms with Crippen LogP contribution in [-0.2, 0) is 13.0 Å². The lowest BCUT2D eigenvalue weighted by atomic mass is 10.00. The molecule has 4 rings (SSSR count). The van der Waals surface area contributed by atoms with Crippen LogP contribution in [0.2, 0.25) is 0 Å². The summed E-state index contributed by atoms with van der Waals surface area (Å²) in [6.45, 7) is 3.96. The number of H-pyrrole nitrogens is 1. The van der Waals surface area contributed by atoms with Crippen molar-refractivity contribution < 1.29 is 4.74 Å². The van der Waals surface area contributed by atoms with Crippen LogP contribution in [0.1, 0.15) is 24.0 Å². The van der Waals surface area contributed by atoms with E-state index in [1.165, 1.54) is 11.1 Å². The first-order chi connectivity index (χ1) is 12.9. The minimum Gasteiger partial charge on any atom is -0.471 e. The Morgan fingerprint density at radius 3 is 2.96 bits per heavy atom. The molecule has 0 bridgehead atoms. The molecule has 26 heavy (non-hydrogen) atoms. The maximum absolute atomic E-state index is 5.74. The smallest absolute Gasteiger partial charge is 0.269 e. The molecule has 2 aromatic heterocycles. The minimum atomic E-state index is 0.490. The predicted molar refractivity (Wildman–Crippen MR) is 99.6 cm³/mol. The van der Waals surface area contributed by atoms with Crippen molar-refractivity contribution in [1.82, 2.24) is 20.1 Å². The lowest BCUT2D eigenvalue weighted by Gasteiger charge is -2.28. The van der Waals surface area contributed by atoms with E-state index in [9.17, 15) is 0 Å². The number of nitrogens with zero attached hydrogens (tertiary/aromatic N) is 3. The van der Waals surface area contributed by atoms with Gasteiger partial charge in [-0.15, -0.1) is 0 Å². The molecule has 0 aliphatic carbocycles. The number of unbranched alkanes of at least 4 members (excludes halogenated alkanes) is 1. The lowest BCUT2D eigenvalue weighted by molar-refractivity contribution is 0.233.